The number of carbonyl (C=O) groups is 1. The number of primary amides is 1. The number of likely N-dealkylation sites (tertiary alicyclic amines) is 1. The first kappa shape index (κ1) is 15.4. The molecule has 0 radical (unpaired) electrons. The first-order valence-corrected chi connectivity index (χ1v) is 7.08. The standard InChI is InChI=1S/C14H29N3O/c1-11(2)16-12(13(15)18)6-9-17-8-5-7-14(3,4)10-17/h11-12,16H,5-10H2,1-4H3,(H2,15,18). The van der Waals surface area contributed by atoms with Crippen LogP contribution in [0.15, 0.2) is 0 Å². The zero-order chi connectivity index (χ0) is 13.8. The highest BCUT2D eigenvalue weighted by Gasteiger charge is 2.27. The lowest BCUT2D eigenvalue weighted by atomic mass is 9.84. The number of amides is 1. The molecule has 1 atom stereocenters. The minimum atomic E-state index is -0.236. The number of hydrogen-bond acceptors (Lipinski definition) is 3. The SMILES string of the molecule is CC(C)NC(CCN1CCCC(C)(C)C1)C(N)=O. The lowest BCUT2D eigenvalue weighted by Crippen LogP contribution is -2.48. The molecule has 0 bridgehead atoms. The Bertz CT molecular complexity index is 276. The van der Waals surface area contributed by atoms with Crippen LogP contribution in [0.5, 0.6) is 0 Å². The number of nitrogens with one attached hydrogen (secondary N) is 1. The van der Waals surface area contributed by atoms with E-state index in [9.17, 15) is 4.79 Å². The Kier molecular flexibility index (Phi) is 5.60. The minimum Gasteiger partial charge on any atom is -0.368 e. The van der Waals surface area contributed by atoms with E-state index in [0.29, 0.717) is 11.5 Å². The summed E-state index contributed by atoms with van der Waals surface area (Å²) in [6.07, 6.45) is 3.36. The predicted octanol–water partition coefficient (Wildman–Crippen LogP) is 1.35. The van der Waals surface area contributed by atoms with E-state index < -0.39 is 0 Å². The van der Waals surface area contributed by atoms with Crippen molar-refractivity contribution in [2.24, 2.45) is 11.1 Å². The molecule has 3 N–H and O–H groups in total. The van der Waals surface area contributed by atoms with Crippen LogP contribution < -0.4 is 11.1 Å². The van der Waals surface area contributed by atoms with Crippen LogP contribution >= 0.6 is 0 Å². The van der Waals surface area contributed by atoms with Crippen molar-refractivity contribution in [3.8, 4) is 0 Å². The fourth-order valence-electron chi connectivity index (χ4n) is 2.76. The van der Waals surface area contributed by atoms with E-state index in [1.165, 1.54) is 12.8 Å². The third kappa shape index (κ3) is 5.36. The minimum absolute atomic E-state index is 0.199. The Morgan fingerprint density at radius 2 is 2.11 bits per heavy atom. The molecule has 0 spiro atoms. The Morgan fingerprint density at radius 3 is 2.61 bits per heavy atom. The van der Waals surface area contributed by atoms with Gasteiger partial charge in [0.05, 0.1) is 6.04 Å². The van der Waals surface area contributed by atoms with Gasteiger partial charge in [0.1, 0.15) is 0 Å². The molecule has 106 valence electrons. The normalized spacial score (nSPS) is 22.1. The van der Waals surface area contributed by atoms with Crippen LogP contribution in [0.4, 0.5) is 0 Å². The molecule has 1 fully saturated rings. The second-order valence-corrected chi connectivity index (χ2v) is 6.61. The van der Waals surface area contributed by atoms with Gasteiger partial charge in [0.2, 0.25) is 5.91 Å². The van der Waals surface area contributed by atoms with Gasteiger partial charge in [0.15, 0.2) is 0 Å². The molecule has 1 amide bonds. The van der Waals surface area contributed by atoms with Gasteiger partial charge in [-0.05, 0) is 31.2 Å². The molecule has 0 aromatic carbocycles. The number of rotatable bonds is 6. The molecule has 1 rings (SSSR count). The molecule has 18 heavy (non-hydrogen) atoms. The van der Waals surface area contributed by atoms with E-state index in [1.807, 2.05) is 13.8 Å². The second kappa shape index (κ2) is 6.53. The summed E-state index contributed by atoms with van der Waals surface area (Å²) >= 11 is 0. The van der Waals surface area contributed by atoms with Crippen molar-refractivity contribution < 1.29 is 4.79 Å². The Morgan fingerprint density at radius 1 is 1.44 bits per heavy atom. The molecule has 1 heterocycles. The Hall–Kier alpha value is -0.610. The van der Waals surface area contributed by atoms with Gasteiger partial charge < -0.3 is 16.0 Å². The van der Waals surface area contributed by atoms with Crippen molar-refractivity contribution in [3.63, 3.8) is 0 Å². The van der Waals surface area contributed by atoms with Gasteiger partial charge in [-0.25, -0.2) is 0 Å². The molecule has 4 heteroatoms. The molecule has 1 saturated heterocycles. The van der Waals surface area contributed by atoms with Gasteiger partial charge in [0, 0.05) is 19.1 Å². The van der Waals surface area contributed by atoms with E-state index in [-0.39, 0.29) is 11.9 Å². The average molecular weight is 255 g/mol. The lowest BCUT2D eigenvalue weighted by molar-refractivity contribution is -0.120. The van der Waals surface area contributed by atoms with E-state index in [4.69, 9.17) is 5.73 Å². The van der Waals surface area contributed by atoms with Gasteiger partial charge in [-0.1, -0.05) is 27.7 Å². The van der Waals surface area contributed by atoms with Crippen molar-refractivity contribution in [3.05, 3.63) is 0 Å². The van der Waals surface area contributed by atoms with Crippen LogP contribution in [0.3, 0.4) is 0 Å². The summed E-state index contributed by atoms with van der Waals surface area (Å²) in [6, 6.07) is 0.0929. The molecule has 1 aliphatic rings. The molecule has 1 aliphatic heterocycles. The first-order chi connectivity index (χ1) is 8.30. The van der Waals surface area contributed by atoms with Crippen LogP contribution in [-0.4, -0.2) is 42.5 Å². The second-order valence-electron chi connectivity index (χ2n) is 6.61. The van der Waals surface area contributed by atoms with Crippen molar-refractivity contribution >= 4 is 5.91 Å². The maximum atomic E-state index is 11.4. The smallest absolute Gasteiger partial charge is 0.234 e. The van der Waals surface area contributed by atoms with Gasteiger partial charge in [-0.2, -0.15) is 0 Å². The molecule has 4 nitrogen and oxygen atoms in total. The number of carbonyl (C=O) groups excluding carboxylic acids is 1. The number of hydrogen-bond donors (Lipinski definition) is 2. The van der Waals surface area contributed by atoms with Crippen LogP contribution in [-0.2, 0) is 4.79 Å². The summed E-state index contributed by atoms with van der Waals surface area (Å²) < 4.78 is 0. The average Bonchev–Trinajstić information content (AvgIpc) is 2.22. The fourth-order valence-corrected chi connectivity index (χ4v) is 2.76. The number of nitrogens with two attached hydrogens (primary N) is 1. The van der Waals surface area contributed by atoms with E-state index in [2.05, 4.69) is 24.1 Å². The summed E-state index contributed by atoms with van der Waals surface area (Å²) in [6.45, 7) is 11.9. The van der Waals surface area contributed by atoms with Crippen LogP contribution in [0.1, 0.15) is 47.0 Å². The topological polar surface area (TPSA) is 58.4 Å². The Labute approximate surface area is 111 Å². The molecule has 0 saturated carbocycles. The quantitative estimate of drug-likeness (QED) is 0.753. The van der Waals surface area contributed by atoms with E-state index in [0.717, 1.165) is 26.1 Å². The highest BCUT2D eigenvalue weighted by Crippen LogP contribution is 2.28. The largest absolute Gasteiger partial charge is 0.368 e. The third-order valence-corrected chi connectivity index (χ3v) is 3.59. The highest BCUT2D eigenvalue weighted by atomic mass is 16.1. The van der Waals surface area contributed by atoms with Gasteiger partial charge >= 0.3 is 0 Å². The van der Waals surface area contributed by atoms with Gasteiger partial charge in [0.25, 0.3) is 0 Å². The molecule has 0 aromatic rings. The van der Waals surface area contributed by atoms with Gasteiger partial charge in [-0.15, -0.1) is 0 Å². The molecule has 0 aliphatic carbocycles. The lowest BCUT2D eigenvalue weighted by Gasteiger charge is -2.38. The molecular formula is C14H29N3O. The first-order valence-electron chi connectivity index (χ1n) is 7.08. The summed E-state index contributed by atoms with van der Waals surface area (Å²) in [5, 5.41) is 3.24. The molecule has 1 unspecified atom stereocenters. The number of nitrogens with zero attached hydrogens (tertiary/aromatic N) is 1. The van der Waals surface area contributed by atoms with Crippen LogP contribution in [0.25, 0.3) is 0 Å². The monoisotopic (exact) mass is 255 g/mol. The van der Waals surface area contributed by atoms with Crippen molar-refractivity contribution in [2.75, 3.05) is 19.6 Å². The zero-order valence-electron chi connectivity index (χ0n) is 12.3. The fraction of sp³-hybridized carbons (Fsp3) is 0.929. The molecular weight excluding hydrogens is 226 g/mol. The van der Waals surface area contributed by atoms with Gasteiger partial charge in [-0.3, -0.25) is 4.79 Å². The summed E-state index contributed by atoms with van der Waals surface area (Å²) in [7, 11) is 0. The van der Waals surface area contributed by atoms with E-state index in [1.54, 1.807) is 0 Å². The highest BCUT2D eigenvalue weighted by molar-refractivity contribution is 5.79. The zero-order valence-corrected chi connectivity index (χ0v) is 12.3. The van der Waals surface area contributed by atoms with Crippen molar-refractivity contribution in [2.45, 2.75) is 59.0 Å². The maximum absolute atomic E-state index is 11.4. The summed E-state index contributed by atoms with van der Waals surface area (Å²) in [4.78, 5) is 13.8. The summed E-state index contributed by atoms with van der Waals surface area (Å²) in [5.74, 6) is -0.236. The van der Waals surface area contributed by atoms with Crippen molar-refractivity contribution in [1.82, 2.24) is 10.2 Å². The number of piperidine rings is 1. The Balaban J connectivity index is 2.39. The van der Waals surface area contributed by atoms with Crippen LogP contribution in [0, 0.1) is 5.41 Å². The van der Waals surface area contributed by atoms with Crippen LogP contribution in [0.2, 0.25) is 0 Å². The van der Waals surface area contributed by atoms with E-state index >= 15 is 0 Å². The third-order valence-electron chi connectivity index (χ3n) is 3.59. The molecule has 0 aromatic heterocycles. The summed E-state index contributed by atoms with van der Waals surface area (Å²) in [5.41, 5.74) is 5.84. The van der Waals surface area contributed by atoms with Crippen molar-refractivity contribution in [1.29, 1.82) is 0 Å². The predicted molar refractivity (Wildman–Crippen MR) is 75.3 cm³/mol. The maximum Gasteiger partial charge on any atom is 0.234 e.